The van der Waals surface area contributed by atoms with E-state index in [0.29, 0.717) is 22.7 Å². The molecule has 1 atom stereocenters. The van der Waals surface area contributed by atoms with Crippen LogP contribution in [0.1, 0.15) is 10.4 Å². The van der Waals surface area contributed by atoms with Crippen LogP contribution in [0.4, 0.5) is 5.69 Å². The van der Waals surface area contributed by atoms with Gasteiger partial charge in [0.05, 0.1) is 20.8 Å². The van der Waals surface area contributed by atoms with Gasteiger partial charge in [0.25, 0.3) is 5.91 Å². The summed E-state index contributed by atoms with van der Waals surface area (Å²) >= 11 is 0. The molecule has 2 aromatic rings. The molecular weight excluding hydrogens is 324 g/mol. The first-order valence-electron chi connectivity index (χ1n) is 7.58. The maximum absolute atomic E-state index is 12.2. The maximum Gasteiger partial charge on any atom is 0.252 e. The van der Waals surface area contributed by atoms with Gasteiger partial charge in [0.2, 0.25) is 5.91 Å². The fraction of sp³-hybridized carbons (Fsp3) is 0.222. The van der Waals surface area contributed by atoms with E-state index >= 15 is 0 Å². The third-order valence-corrected chi connectivity index (χ3v) is 3.49. The van der Waals surface area contributed by atoms with Crippen LogP contribution >= 0.6 is 0 Å². The Morgan fingerprint density at radius 3 is 2.32 bits per heavy atom. The lowest BCUT2D eigenvalue weighted by Gasteiger charge is -2.16. The number of carbonyl (C=O) groups is 2. The molecule has 7 heteroatoms. The van der Waals surface area contributed by atoms with Crippen LogP contribution in [0.2, 0.25) is 0 Å². The molecular formula is C18H20N2O5. The fourth-order valence-electron chi connectivity index (χ4n) is 2.10. The second kappa shape index (κ2) is 8.70. The number of benzene rings is 2. The molecule has 0 fully saturated rings. The number of anilines is 1. The van der Waals surface area contributed by atoms with Crippen LogP contribution in [0.3, 0.4) is 0 Å². The zero-order valence-corrected chi connectivity index (χ0v) is 14.0. The third-order valence-electron chi connectivity index (χ3n) is 3.49. The quantitative estimate of drug-likeness (QED) is 0.706. The minimum Gasteiger partial charge on any atom is -0.497 e. The van der Waals surface area contributed by atoms with Crippen LogP contribution in [0.15, 0.2) is 48.5 Å². The molecule has 0 saturated carbocycles. The standard InChI is InChI=1S/C18H20N2O5/c1-24-14-8-6-13(7-9-14)19-18(23)16(11-21)20-17(22)12-4-3-5-15(10-12)25-2/h3-10,16,21H,11H2,1-2H3,(H,19,23)(H,20,22)/t16-/m0/s1. The van der Waals surface area contributed by atoms with Crippen molar-refractivity contribution in [3.63, 3.8) is 0 Å². The molecule has 0 radical (unpaired) electrons. The van der Waals surface area contributed by atoms with Crippen molar-refractivity contribution in [2.45, 2.75) is 6.04 Å². The van der Waals surface area contributed by atoms with Crippen molar-refractivity contribution >= 4 is 17.5 Å². The highest BCUT2D eigenvalue weighted by Gasteiger charge is 2.21. The predicted octanol–water partition coefficient (Wildman–Crippen LogP) is 1.43. The van der Waals surface area contributed by atoms with Gasteiger partial charge in [0.15, 0.2) is 0 Å². The van der Waals surface area contributed by atoms with Gasteiger partial charge in [0.1, 0.15) is 17.5 Å². The van der Waals surface area contributed by atoms with Crippen molar-refractivity contribution in [1.29, 1.82) is 0 Å². The molecule has 0 aliphatic heterocycles. The molecule has 0 spiro atoms. The molecule has 3 N–H and O–H groups in total. The van der Waals surface area contributed by atoms with Crippen LogP contribution in [-0.4, -0.2) is 43.8 Å². The second-order valence-corrected chi connectivity index (χ2v) is 5.16. The molecule has 2 aromatic carbocycles. The molecule has 7 nitrogen and oxygen atoms in total. The Bertz CT molecular complexity index is 731. The summed E-state index contributed by atoms with van der Waals surface area (Å²) in [6, 6.07) is 12.1. The fourth-order valence-corrected chi connectivity index (χ4v) is 2.10. The van der Waals surface area contributed by atoms with Gasteiger partial charge in [-0.15, -0.1) is 0 Å². The van der Waals surface area contributed by atoms with E-state index in [2.05, 4.69) is 10.6 Å². The van der Waals surface area contributed by atoms with E-state index in [1.807, 2.05) is 0 Å². The second-order valence-electron chi connectivity index (χ2n) is 5.16. The molecule has 2 amide bonds. The monoisotopic (exact) mass is 344 g/mol. The molecule has 0 aliphatic carbocycles. The highest BCUT2D eigenvalue weighted by molar-refractivity contribution is 6.01. The van der Waals surface area contributed by atoms with Crippen LogP contribution in [-0.2, 0) is 4.79 Å². The summed E-state index contributed by atoms with van der Waals surface area (Å²) in [5.41, 5.74) is 0.856. The normalized spacial score (nSPS) is 11.3. The molecule has 0 aliphatic rings. The van der Waals surface area contributed by atoms with Crippen LogP contribution in [0.25, 0.3) is 0 Å². The van der Waals surface area contributed by atoms with Crippen molar-refractivity contribution in [2.75, 3.05) is 26.1 Å². The summed E-state index contributed by atoms with van der Waals surface area (Å²) in [6.07, 6.45) is 0. The Morgan fingerprint density at radius 2 is 1.72 bits per heavy atom. The predicted molar refractivity (Wildman–Crippen MR) is 93.0 cm³/mol. The van der Waals surface area contributed by atoms with Gasteiger partial charge >= 0.3 is 0 Å². The van der Waals surface area contributed by atoms with Crippen molar-refractivity contribution in [1.82, 2.24) is 5.32 Å². The SMILES string of the molecule is COc1ccc(NC(=O)[C@H](CO)NC(=O)c2cccc(OC)c2)cc1. The minimum atomic E-state index is -1.08. The van der Waals surface area contributed by atoms with Crippen molar-refractivity contribution in [3.8, 4) is 11.5 Å². The van der Waals surface area contributed by atoms with E-state index in [0.717, 1.165) is 0 Å². The minimum absolute atomic E-state index is 0.329. The number of amides is 2. The summed E-state index contributed by atoms with van der Waals surface area (Å²) in [4.78, 5) is 24.5. The van der Waals surface area contributed by atoms with Gasteiger partial charge in [0, 0.05) is 11.3 Å². The van der Waals surface area contributed by atoms with E-state index < -0.39 is 24.5 Å². The lowest BCUT2D eigenvalue weighted by Crippen LogP contribution is -2.46. The lowest BCUT2D eigenvalue weighted by molar-refractivity contribution is -0.118. The number of carbonyl (C=O) groups excluding carboxylic acids is 2. The molecule has 0 saturated heterocycles. The Kier molecular flexibility index (Phi) is 6.36. The van der Waals surface area contributed by atoms with Gasteiger partial charge in [-0.25, -0.2) is 0 Å². The zero-order valence-electron chi connectivity index (χ0n) is 14.0. The smallest absolute Gasteiger partial charge is 0.252 e. The van der Waals surface area contributed by atoms with Crippen molar-refractivity contribution in [2.24, 2.45) is 0 Å². The number of nitrogens with one attached hydrogen (secondary N) is 2. The van der Waals surface area contributed by atoms with Gasteiger partial charge in [-0.05, 0) is 42.5 Å². The summed E-state index contributed by atoms with van der Waals surface area (Å²) in [5, 5.41) is 14.6. The number of methoxy groups -OCH3 is 2. The molecule has 2 rings (SSSR count). The molecule has 132 valence electrons. The van der Waals surface area contributed by atoms with Crippen molar-refractivity contribution in [3.05, 3.63) is 54.1 Å². The molecule has 0 aromatic heterocycles. The summed E-state index contributed by atoms with van der Waals surface area (Å²) in [6.45, 7) is -0.530. The Hall–Kier alpha value is -3.06. The number of aliphatic hydroxyl groups is 1. The Labute approximate surface area is 145 Å². The summed E-state index contributed by atoms with van der Waals surface area (Å²) in [5.74, 6) is 0.172. The largest absolute Gasteiger partial charge is 0.497 e. The number of hydrogen-bond acceptors (Lipinski definition) is 5. The van der Waals surface area contributed by atoms with E-state index in [1.54, 1.807) is 55.6 Å². The first-order chi connectivity index (χ1) is 12.1. The van der Waals surface area contributed by atoms with E-state index in [4.69, 9.17) is 9.47 Å². The first-order valence-corrected chi connectivity index (χ1v) is 7.58. The number of aliphatic hydroxyl groups excluding tert-OH is 1. The highest BCUT2D eigenvalue weighted by atomic mass is 16.5. The molecule has 0 heterocycles. The number of hydrogen-bond donors (Lipinski definition) is 3. The molecule has 0 unspecified atom stereocenters. The van der Waals surface area contributed by atoms with Gasteiger partial charge in [-0.2, -0.15) is 0 Å². The van der Waals surface area contributed by atoms with E-state index in [1.165, 1.54) is 7.11 Å². The average molecular weight is 344 g/mol. The molecule has 0 bridgehead atoms. The van der Waals surface area contributed by atoms with Gasteiger partial charge < -0.3 is 25.2 Å². The van der Waals surface area contributed by atoms with E-state index in [9.17, 15) is 14.7 Å². The molecule has 25 heavy (non-hydrogen) atoms. The first kappa shape index (κ1) is 18.3. The van der Waals surface area contributed by atoms with Gasteiger partial charge in [-0.1, -0.05) is 6.07 Å². The summed E-state index contributed by atoms with van der Waals surface area (Å²) < 4.78 is 10.1. The van der Waals surface area contributed by atoms with Crippen molar-refractivity contribution < 1.29 is 24.2 Å². The summed E-state index contributed by atoms with van der Waals surface area (Å²) in [7, 11) is 3.04. The average Bonchev–Trinajstić information content (AvgIpc) is 2.66. The maximum atomic E-state index is 12.2. The third kappa shape index (κ3) is 4.95. The highest BCUT2D eigenvalue weighted by Crippen LogP contribution is 2.15. The number of ether oxygens (including phenoxy) is 2. The van der Waals surface area contributed by atoms with Crippen LogP contribution in [0.5, 0.6) is 11.5 Å². The van der Waals surface area contributed by atoms with Crippen LogP contribution in [0, 0.1) is 0 Å². The van der Waals surface area contributed by atoms with Crippen LogP contribution < -0.4 is 20.1 Å². The lowest BCUT2D eigenvalue weighted by atomic mass is 10.1. The van der Waals surface area contributed by atoms with E-state index in [-0.39, 0.29) is 0 Å². The Balaban J connectivity index is 2.02. The topological polar surface area (TPSA) is 96.9 Å². The Morgan fingerprint density at radius 1 is 1.04 bits per heavy atom. The zero-order chi connectivity index (χ0) is 18.2. The van der Waals surface area contributed by atoms with Gasteiger partial charge in [-0.3, -0.25) is 9.59 Å². The number of rotatable bonds is 7.